The number of nitrogens with zero attached hydrogens (tertiary/aromatic N) is 1. The highest BCUT2D eigenvalue weighted by Crippen LogP contribution is 2.09. The minimum atomic E-state index is 0.696. The Hall–Kier alpha value is -0.860. The van der Waals surface area contributed by atoms with Crippen molar-refractivity contribution in [3.63, 3.8) is 0 Å². The van der Waals surface area contributed by atoms with Crippen LogP contribution < -0.4 is 5.32 Å². The van der Waals surface area contributed by atoms with Gasteiger partial charge >= 0.3 is 0 Å². The van der Waals surface area contributed by atoms with Gasteiger partial charge in [-0.2, -0.15) is 0 Å². The molecule has 2 heteroatoms. The Labute approximate surface area is 111 Å². The first-order valence-electron chi connectivity index (χ1n) is 7.32. The van der Waals surface area contributed by atoms with E-state index in [1.807, 2.05) is 0 Å². The molecule has 2 rings (SSSR count). The second-order valence-electron chi connectivity index (χ2n) is 5.36. The molecule has 1 saturated heterocycles. The zero-order valence-electron chi connectivity index (χ0n) is 11.8. The summed E-state index contributed by atoms with van der Waals surface area (Å²) in [6, 6.07) is 9.81. The summed E-state index contributed by atoms with van der Waals surface area (Å²) in [7, 11) is 0. The van der Waals surface area contributed by atoms with E-state index in [-0.39, 0.29) is 0 Å². The molecule has 0 spiro atoms. The Morgan fingerprint density at radius 2 is 1.94 bits per heavy atom. The maximum Gasteiger partial charge on any atom is 0.0192 e. The molecule has 18 heavy (non-hydrogen) atoms. The first-order valence-corrected chi connectivity index (χ1v) is 7.32. The number of aryl methyl sites for hydroxylation is 2. The van der Waals surface area contributed by atoms with Crippen molar-refractivity contribution < 1.29 is 0 Å². The van der Waals surface area contributed by atoms with E-state index in [0.29, 0.717) is 6.04 Å². The summed E-state index contributed by atoms with van der Waals surface area (Å²) in [5.41, 5.74) is 2.92. The fraction of sp³-hybridized carbons (Fsp3) is 0.625. The summed E-state index contributed by atoms with van der Waals surface area (Å²) >= 11 is 0. The second kappa shape index (κ2) is 6.91. The molecule has 2 nitrogen and oxygen atoms in total. The fourth-order valence-corrected chi connectivity index (χ4v) is 2.64. The molecule has 1 atom stereocenters. The zero-order chi connectivity index (χ0) is 12.8. The molecule has 1 aliphatic heterocycles. The molecule has 100 valence electrons. The lowest BCUT2D eigenvalue weighted by Crippen LogP contribution is -2.49. The summed E-state index contributed by atoms with van der Waals surface area (Å²) in [4.78, 5) is 2.61. The quantitative estimate of drug-likeness (QED) is 0.858. The largest absolute Gasteiger partial charge is 0.314 e. The predicted molar refractivity (Wildman–Crippen MR) is 78.0 cm³/mol. The van der Waals surface area contributed by atoms with Gasteiger partial charge in [0.1, 0.15) is 0 Å². The van der Waals surface area contributed by atoms with Crippen LogP contribution >= 0.6 is 0 Å². The average Bonchev–Trinajstić information content (AvgIpc) is 2.42. The third-order valence-electron chi connectivity index (χ3n) is 3.98. The van der Waals surface area contributed by atoms with Crippen LogP contribution in [0, 0.1) is 0 Å². The van der Waals surface area contributed by atoms with Crippen LogP contribution in [0.2, 0.25) is 0 Å². The number of hydrogen-bond acceptors (Lipinski definition) is 2. The highest BCUT2D eigenvalue weighted by Gasteiger charge is 2.16. The molecular weight excluding hydrogens is 220 g/mol. The molecule has 1 aromatic carbocycles. The van der Waals surface area contributed by atoms with Crippen molar-refractivity contribution in [1.82, 2.24) is 10.2 Å². The lowest BCUT2D eigenvalue weighted by molar-refractivity contribution is 0.172. The fourth-order valence-electron chi connectivity index (χ4n) is 2.64. The number of nitrogens with one attached hydrogen (secondary N) is 1. The van der Waals surface area contributed by atoms with Gasteiger partial charge in [0.2, 0.25) is 0 Å². The van der Waals surface area contributed by atoms with E-state index in [4.69, 9.17) is 0 Å². The van der Waals surface area contributed by atoms with Crippen molar-refractivity contribution >= 4 is 0 Å². The molecule has 1 fully saturated rings. The normalized spacial score (nSPS) is 21.1. The summed E-state index contributed by atoms with van der Waals surface area (Å²) in [5, 5.41) is 3.44. The molecule has 0 saturated carbocycles. The lowest BCUT2D eigenvalue weighted by Gasteiger charge is -2.33. The van der Waals surface area contributed by atoms with Gasteiger partial charge in [0.25, 0.3) is 0 Å². The first kappa shape index (κ1) is 13.6. The minimum absolute atomic E-state index is 0.696. The molecule has 1 heterocycles. The number of piperazine rings is 1. The van der Waals surface area contributed by atoms with Crippen LogP contribution in [0.25, 0.3) is 0 Å². The van der Waals surface area contributed by atoms with E-state index in [9.17, 15) is 0 Å². The number of hydrogen-bond donors (Lipinski definition) is 1. The number of benzene rings is 1. The first-order chi connectivity index (χ1) is 8.79. The van der Waals surface area contributed by atoms with Gasteiger partial charge in [-0.05, 0) is 43.9 Å². The minimum Gasteiger partial charge on any atom is -0.314 e. The van der Waals surface area contributed by atoms with Crippen molar-refractivity contribution in [3.05, 3.63) is 35.4 Å². The van der Waals surface area contributed by atoms with Crippen LogP contribution in [0.5, 0.6) is 0 Å². The Morgan fingerprint density at radius 1 is 1.22 bits per heavy atom. The molecule has 0 amide bonds. The Kier molecular flexibility index (Phi) is 5.21. The van der Waals surface area contributed by atoms with Crippen LogP contribution in [-0.2, 0) is 12.8 Å². The summed E-state index contributed by atoms with van der Waals surface area (Å²) in [6.45, 7) is 9.26. The molecule has 1 N–H and O–H groups in total. The standard InChI is InChI=1S/C16H26N2/c1-3-15-6-8-16(9-7-15)5-4-11-18-12-10-17-13-14(18)2/h6-9,14,17H,3-5,10-13H2,1-2H3. The van der Waals surface area contributed by atoms with E-state index >= 15 is 0 Å². The Balaban J connectivity index is 1.73. The zero-order valence-corrected chi connectivity index (χ0v) is 11.8. The third-order valence-corrected chi connectivity index (χ3v) is 3.98. The van der Waals surface area contributed by atoms with Gasteiger partial charge in [-0.3, -0.25) is 4.90 Å². The van der Waals surface area contributed by atoms with Crippen molar-refractivity contribution in [2.24, 2.45) is 0 Å². The van der Waals surface area contributed by atoms with E-state index in [1.165, 1.54) is 37.1 Å². The third kappa shape index (κ3) is 3.82. The maximum absolute atomic E-state index is 3.44. The van der Waals surface area contributed by atoms with Crippen molar-refractivity contribution in [1.29, 1.82) is 0 Å². The molecule has 0 aliphatic carbocycles. The van der Waals surface area contributed by atoms with Gasteiger partial charge in [-0.1, -0.05) is 31.2 Å². The van der Waals surface area contributed by atoms with Crippen LogP contribution in [0.15, 0.2) is 24.3 Å². The summed E-state index contributed by atoms with van der Waals surface area (Å²) in [6.07, 6.45) is 3.62. The van der Waals surface area contributed by atoms with E-state index in [2.05, 4.69) is 48.3 Å². The summed E-state index contributed by atoms with van der Waals surface area (Å²) < 4.78 is 0. The average molecular weight is 246 g/mol. The maximum atomic E-state index is 3.44. The van der Waals surface area contributed by atoms with Crippen LogP contribution in [-0.4, -0.2) is 37.1 Å². The number of rotatable bonds is 5. The van der Waals surface area contributed by atoms with Gasteiger partial charge in [-0.15, -0.1) is 0 Å². The smallest absolute Gasteiger partial charge is 0.0192 e. The van der Waals surface area contributed by atoms with Gasteiger partial charge in [-0.25, -0.2) is 0 Å². The van der Waals surface area contributed by atoms with Gasteiger partial charge in [0, 0.05) is 25.7 Å². The monoisotopic (exact) mass is 246 g/mol. The van der Waals surface area contributed by atoms with E-state index < -0.39 is 0 Å². The highest BCUT2D eigenvalue weighted by atomic mass is 15.2. The second-order valence-corrected chi connectivity index (χ2v) is 5.36. The molecule has 0 aromatic heterocycles. The topological polar surface area (TPSA) is 15.3 Å². The highest BCUT2D eigenvalue weighted by molar-refractivity contribution is 5.22. The SMILES string of the molecule is CCc1ccc(CCCN2CCNCC2C)cc1. The molecule has 1 aliphatic rings. The van der Waals surface area contributed by atoms with Gasteiger partial charge in [0.05, 0.1) is 0 Å². The van der Waals surface area contributed by atoms with Crippen molar-refractivity contribution in [2.75, 3.05) is 26.2 Å². The lowest BCUT2D eigenvalue weighted by atomic mass is 10.1. The van der Waals surface area contributed by atoms with Crippen molar-refractivity contribution in [2.45, 2.75) is 39.2 Å². The molecule has 1 aromatic rings. The van der Waals surface area contributed by atoms with Gasteiger partial charge < -0.3 is 5.32 Å². The summed E-state index contributed by atoms with van der Waals surface area (Å²) in [5.74, 6) is 0. The van der Waals surface area contributed by atoms with Crippen molar-refractivity contribution in [3.8, 4) is 0 Å². The van der Waals surface area contributed by atoms with Crippen LogP contribution in [0.1, 0.15) is 31.4 Å². The molecule has 1 unspecified atom stereocenters. The van der Waals surface area contributed by atoms with Gasteiger partial charge in [0.15, 0.2) is 0 Å². The van der Waals surface area contributed by atoms with E-state index in [0.717, 1.165) is 19.5 Å². The Bertz CT molecular complexity index is 345. The van der Waals surface area contributed by atoms with Crippen LogP contribution in [0.3, 0.4) is 0 Å². The van der Waals surface area contributed by atoms with Crippen LogP contribution in [0.4, 0.5) is 0 Å². The molecule has 0 radical (unpaired) electrons. The molecule has 0 bridgehead atoms. The van der Waals surface area contributed by atoms with E-state index in [1.54, 1.807) is 0 Å². The predicted octanol–water partition coefficient (Wildman–Crippen LogP) is 2.48. The molecular formula is C16H26N2. The Morgan fingerprint density at radius 3 is 2.61 bits per heavy atom.